The zero-order valence-electron chi connectivity index (χ0n) is 14.2. The smallest absolute Gasteiger partial charge is 0.348 e. The molecule has 2 aromatic rings. The Bertz CT molecular complexity index is 850. The Morgan fingerprint density at radius 1 is 1.00 bits per heavy atom. The fourth-order valence-electron chi connectivity index (χ4n) is 2.40. The van der Waals surface area contributed by atoms with E-state index in [1.807, 2.05) is 0 Å². The highest BCUT2D eigenvalue weighted by Crippen LogP contribution is 2.27. The van der Waals surface area contributed by atoms with Gasteiger partial charge in [0, 0.05) is 5.56 Å². The van der Waals surface area contributed by atoms with Gasteiger partial charge in [0.05, 0.1) is 5.92 Å². The lowest BCUT2D eigenvalue weighted by Gasteiger charge is -2.19. The maximum atomic E-state index is 14.4. The first-order chi connectivity index (χ1) is 12.7. The van der Waals surface area contributed by atoms with E-state index in [0.717, 1.165) is 6.07 Å². The molecule has 0 saturated heterocycles. The van der Waals surface area contributed by atoms with E-state index in [-0.39, 0.29) is 5.56 Å². The SMILES string of the molecule is CC(C(=O)O[C@@H](C(=O)O)[C@@H](O)C(=O)O)c1ccc(-c2ccccc2)c(F)c1. The van der Waals surface area contributed by atoms with Gasteiger partial charge in [-0.15, -0.1) is 0 Å². The van der Waals surface area contributed by atoms with E-state index in [1.54, 1.807) is 30.3 Å². The van der Waals surface area contributed by atoms with Gasteiger partial charge in [-0.2, -0.15) is 0 Å². The van der Waals surface area contributed by atoms with Crippen LogP contribution in [0.25, 0.3) is 11.1 Å². The lowest BCUT2D eigenvalue weighted by atomic mass is 9.97. The molecule has 2 aromatic carbocycles. The molecule has 3 N–H and O–H groups in total. The summed E-state index contributed by atoms with van der Waals surface area (Å²) < 4.78 is 19.0. The number of esters is 1. The second-order valence-corrected chi connectivity index (χ2v) is 5.81. The summed E-state index contributed by atoms with van der Waals surface area (Å²) in [5.41, 5.74) is 1.18. The number of carboxylic acids is 2. The molecule has 2 rings (SSSR count). The van der Waals surface area contributed by atoms with Crippen molar-refractivity contribution in [3.8, 4) is 11.1 Å². The highest BCUT2D eigenvalue weighted by Gasteiger charge is 2.37. The van der Waals surface area contributed by atoms with Gasteiger partial charge in [-0.3, -0.25) is 4.79 Å². The fourth-order valence-corrected chi connectivity index (χ4v) is 2.40. The molecule has 0 aromatic heterocycles. The molecular formula is C19H17FO7. The molecular weight excluding hydrogens is 359 g/mol. The fraction of sp³-hybridized carbons (Fsp3) is 0.211. The molecule has 0 amide bonds. The number of hydrogen-bond acceptors (Lipinski definition) is 5. The lowest BCUT2D eigenvalue weighted by molar-refractivity contribution is -0.179. The van der Waals surface area contributed by atoms with Gasteiger partial charge in [0.1, 0.15) is 5.82 Å². The normalized spacial score (nSPS) is 14.0. The number of carbonyl (C=O) groups is 3. The molecule has 0 heterocycles. The van der Waals surface area contributed by atoms with E-state index in [4.69, 9.17) is 10.2 Å². The summed E-state index contributed by atoms with van der Waals surface area (Å²) in [6.07, 6.45) is -4.69. The van der Waals surface area contributed by atoms with Gasteiger partial charge in [0.25, 0.3) is 0 Å². The molecule has 0 fully saturated rings. The second kappa shape index (κ2) is 8.41. The summed E-state index contributed by atoms with van der Waals surface area (Å²) in [5, 5.41) is 27.0. The first-order valence-electron chi connectivity index (χ1n) is 7.91. The van der Waals surface area contributed by atoms with Crippen molar-refractivity contribution < 1.29 is 38.8 Å². The average molecular weight is 376 g/mol. The van der Waals surface area contributed by atoms with Gasteiger partial charge >= 0.3 is 17.9 Å². The predicted octanol–water partition coefficient (Wildman–Crippen LogP) is 2.04. The first kappa shape index (κ1) is 20.1. The largest absolute Gasteiger partial charge is 0.479 e. The molecule has 0 aliphatic heterocycles. The van der Waals surface area contributed by atoms with Crippen molar-refractivity contribution in [2.24, 2.45) is 0 Å². The maximum absolute atomic E-state index is 14.4. The van der Waals surface area contributed by atoms with E-state index in [2.05, 4.69) is 4.74 Å². The Labute approximate surface area is 153 Å². The Kier molecular flexibility index (Phi) is 6.25. The van der Waals surface area contributed by atoms with Crippen molar-refractivity contribution in [3.05, 3.63) is 59.9 Å². The van der Waals surface area contributed by atoms with Crippen LogP contribution in [0.1, 0.15) is 18.4 Å². The summed E-state index contributed by atoms with van der Waals surface area (Å²) in [6.45, 7) is 1.35. The predicted molar refractivity (Wildman–Crippen MR) is 91.4 cm³/mol. The van der Waals surface area contributed by atoms with Crippen LogP contribution in [0.5, 0.6) is 0 Å². The number of hydrogen-bond donors (Lipinski definition) is 3. The minimum absolute atomic E-state index is 0.214. The Balaban J connectivity index is 2.20. The van der Waals surface area contributed by atoms with E-state index < -0.39 is 41.9 Å². The minimum atomic E-state index is -2.42. The van der Waals surface area contributed by atoms with E-state index in [9.17, 15) is 23.9 Å². The number of ether oxygens (including phenoxy) is 1. The van der Waals surface area contributed by atoms with Crippen molar-refractivity contribution in [2.45, 2.75) is 25.0 Å². The van der Waals surface area contributed by atoms with Gasteiger partial charge in [-0.05, 0) is 24.1 Å². The number of halogens is 1. The maximum Gasteiger partial charge on any atom is 0.348 e. The highest BCUT2D eigenvalue weighted by atomic mass is 19.1. The van der Waals surface area contributed by atoms with Crippen LogP contribution in [0.15, 0.2) is 48.5 Å². The van der Waals surface area contributed by atoms with Crippen LogP contribution in [0.3, 0.4) is 0 Å². The Morgan fingerprint density at radius 2 is 1.63 bits per heavy atom. The number of rotatable bonds is 7. The highest BCUT2D eigenvalue weighted by molar-refractivity contribution is 5.87. The number of aliphatic hydroxyl groups is 1. The van der Waals surface area contributed by atoms with Gasteiger partial charge in [0.15, 0.2) is 6.10 Å². The summed E-state index contributed by atoms with van der Waals surface area (Å²) in [6, 6.07) is 12.8. The van der Waals surface area contributed by atoms with Crippen LogP contribution in [0, 0.1) is 5.82 Å². The van der Waals surface area contributed by atoms with Crippen molar-refractivity contribution in [1.82, 2.24) is 0 Å². The number of aliphatic hydroxyl groups excluding tert-OH is 1. The van der Waals surface area contributed by atoms with Gasteiger partial charge in [-0.25, -0.2) is 14.0 Å². The van der Waals surface area contributed by atoms with E-state index in [1.165, 1.54) is 19.1 Å². The quantitative estimate of drug-likeness (QED) is 0.632. The third kappa shape index (κ3) is 4.68. The molecule has 27 heavy (non-hydrogen) atoms. The summed E-state index contributed by atoms with van der Waals surface area (Å²) in [4.78, 5) is 33.9. The number of carboxylic acid groups (broad SMARTS) is 2. The van der Waals surface area contributed by atoms with E-state index in [0.29, 0.717) is 11.1 Å². The Hall–Kier alpha value is -3.26. The topological polar surface area (TPSA) is 121 Å². The van der Waals surface area contributed by atoms with Crippen LogP contribution < -0.4 is 0 Å². The summed E-state index contributed by atoms with van der Waals surface area (Å²) in [5.74, 6) is -6.42. The zero-order chi connectivity index (χ0) is 20.1. The molecule has 0 saturated carbocycles. The van der Waals surface area contributed by atoms with Gasteiger partial charge in [0.2, 0.25) is 6.10 Å². The standard InChI is InChI=1S/C19H17FO7/c1-10(19(26)27-16(18(24)25)15(21)17(22)23)12-7-8-13(14(20)9-12)11-5-3-2-4-6-11/h2-10,15-16,21H,1H3,(H,22,23)(H,24,25)/t10?,15-,16-/m1/s1. The monoisotopic (exact) mass is 376 g/mol. The van der Waals surface area contributed by atoms with E-state index >= 15 is 0 Å². The third-order valence-electron chi connectivity index (χ3n) is 3.96. The van der Waals surface area contributed by atoms with Gasteiger partial charge in [-0.1, -0.05) is 42.5 Å². The summed E-state index contributed by atoms with van der Waals surface area (Å²) >= 11 is 0. The zero-order valence-corrected chi connectivity index (χ0v) is 14.2. The molecule has 3 atom stereocenters. The van der Waals surface area contributed by atoms with Crippen molar-refractivity contribution >= 4 is 17.9 Å². The van der Waals surface area contributed by atoms with Crippen LogP contribution >= 0.6 is 0 Å². The van der Waals surface area contributed by atoms with Crippen LogP contribution in [0.2, 0.25) is 0 Å². The number of benzene rings is 2. The minimum Gasteiger partial charge on any atom is -0.479 e. The third-order valence-corrected chi connectivity index (χ3v) is 3.96. The molecule has 142 valence electrons. The molecule has 7 nitrogen and oxygen atoms in total. The molecule has 0 radical (unpaired) electrons. The van der Waals surface area contributed by atoms with Crippen LogP contribution in [-0.2, 0) is 19.1 Å². The van der Waals surface area contributed by atoms with Gasteiger partial charge < -0.3 is 20.1 Å². The molecule has 0 bridgehead atoms. The summed E-state index contributed by atoms with van der Waals surface area (Å²) in [7, 11) is 0. The molecule has 8 heteroatoms. The lowest BCUT2D eigenvalue weighted by Crippen LogP contribution is -2.43. The number of carbonyl (C=O) groups excluding carboxylic acids is 1. The van der Waals surface area contributed by atoms with Crippen molar-refractivity contribution in [2.75, 3.05) is 0 Å². The first-order valence-corrected chi connectivity index (χ1v) is 7.91. The van der Waals surface area contributed by atoms with Crippen molar-refractivity contribution in [1.29, 1.82) is 0 Å². The van der Waals surface area contributed by atoms with Crippen LogP contribution in [0.4, 0.5) is 4.39 Å². The molecule has 1 unspecified atom stereocenters. The Morgan fingerprint density at radius 3 is 2.15 bits per heavy atom. The number of aliphatic carboxylic acids is 2. The second-order valence-electron chi connectivity index (χ2n) is 5.81. The molecule has 0 aliphatic carbocycles. The van der Waals surface area contributed by atoms with Crippen LogP contribution in [-0.4, -0.2) is 45.4 Å². The van der Waals surface area contributed by atoms with Crippen molar-refractivity contribution in [3.63, 3.8) is 0 Å². The molecule has 0 spiro atoms. The average Bonchev–Trinajstić information content (AvgIpc) is 2.65. The molecule has 0 aliphatic rings.